The summed E-state index contributed by atoms with van der Waals surface area (Å²) in [4.78, 5) is 4.15. The highest BCUT2D eigenvalue weighted by atomic mass is 14.7. The molecule has 0 bridgehead atoms. The summed E-state index contributed by atoms with van der Waals surface area (Å²) in [6, 6.07) is 3.96. The fraction of sp³-hybridized carbons (Fsp3) is 0.100. The van der Waals surface area contributed by atoms with Crippen molar-refractivity contribution < 1.29 is 0 Å². The molecule has 0 N–H and O–H groups in total. The van der Waals surface area contributed by atoms with E-state index in [0.717, 1.165) is 12.1 Å². The quantitative estimate of drug-likeness (QED) is 0.595. The Morgan fingerprint density at radius 2 is 2.27 bits per heavy atom. The molecule has 0 unspecified atom stereocenters. The van der Waals surface area contributed by atoms with Crippen LogP contribution < -0.4 is 0 Å². The molecule has 1 nitrogen and oxygen atoms in total. The molecule has 0 radical (unpaired) electrons. The molecule has 1 rings (SSSR count). The van der Waals surface area contributed by atoms with Gasteiger partial charge >= 0.3 is 0 Å². The largest absolute Gasteiger partial charge is 0.257 e. The standard InChI is InChI=1S/C10H11N/c1-3-6-9-7-5-8-11-10(9)4-2/h3-5,7-8H,1-2,6H2. The minimum Gasteiger partial charge on any atom is -0.257 e. The Morgan fingerprint density at radius 1 is 1.45 bits per heavy atom. The van der Waals surface area contributed by atoms with Crippen molar-refractivity contribution in [1.82, 2.24) is 4.98 Å². The van der Waals surface area contributed by atoms with Gasteiger partial charge in [-0.15, -0.1) is 6.58 Å². The predicted molar refractivity (Wildman–Crippen MR) is 48.2 cm³/mol. The van der Waals surface area contributed by atoms with Gasteiger partial charge in [-0.25, -0.2) is 0 Å². The zero-order valence-corrected chi connectivity index (χ0v) is 6.46. The number of hydrogen-bond donors (Lipinski definition) is 0. The third kappa shape index (κ3) is 1.77. The number of pyridine rings is 1. The van der Waals surface area contributed by atoms with Crippen molar-refractivity contribution in [1.29, 1.82) is 0 Å². The Balaban J connectivity index is 3.01. The fourth-order valence-corrected chi connectivity index (χ4v) is 0.963. The third-order valence-corrected chi connectivity index (χ3v) is 1.48. The maximum Gasteiger partial charge on any atom is 0.0658 e. The second-order valence-electron chi connectivity index (χ2n) is 2.24. The van der Waals surface area contributed by atoms with E-state index in [0.29, 0.717) is 0 Å². The van der Waals surface area contributed by atoms with Crippen molar-refractivity contribution in [3.8, 4) is 0 Å². The van der Waals surface area contributed by atoms with Crippen molar-refractivity contribution in [2.45, 2.75) is 6.42 Å². The molecule has 0 saturated carbocycles. The molecule has 0 saturated heterocycles. The summed E-state index contributed by atoms with van der Waals surface area (Å²) in [5.41, 5.74) is 2.13. The van der Waals surface area contributed by atoms with E-state index >= 15 is 0 Å². The van der Waals surface area contributed by atoms with Crippen LogP contribution in [0.4, 0.5) is 0 Å². The van der Waals surface area contributed by atoms with Gasteiger partial charge in [0.1, 0.15) is 0 Å². The number of allylic oxidation sites excluding steroid dienone is 1. The Hall–Kier alpha value is -1.37. The minimum absolute atomic E-state index is 0.856. The fourth-order valence-electron chi connectivity index (χ4n) is 0.963. The summed E-state index contributed by atoms with van der Waals surface area (Å²) in [5, 5.41) is 0. The van der Waals surface area contributed by atoms with Crippen molar-refractivity contribution in [2.75, 3.05) is 0 Å². The van der Waals surface area contributed by atoms with E-state index in [1.807, 2.05) is 18.2 Å². The molecule has 0 atom stereocenters. The van der Waals surface area contributed by atoms with Crippen LogP contribution in [0.25, 0.3) is 6.08 Å². The molecule has 0 aliphatic carbocycles. The Kier molecular flexibility index (Phi) is 2.61. The van der Waals surface area contributed by atoms with E-state index in [2.05, 4.69) is 18.1 Å². The maximum absolute atomic E-state index is 4.15. The van der Waals surface area contributed by atoms with E-state index in [-0.39, 0.29) is 0 Å². The van der Waals surface area contributed by atoms with Crippen molar-refractivity contribution in [3.63, 3.8) is 0 Å². The maximum atomic E-state index is 4.15. The van der Waals surface area contributed by atoms with Crippen LogP contribution in [0.15, 0.2) is 37.6 Å². The predicted octanol–water partition coefficient (Wildman–Crippen LogP) is 2.45. The van der Waals surface area contributed by atoms with Gasteiger partial charge in [-0.1, -0.05) is 18.7 Å². The lowest BCUT2D eigenvalue weighted by molar-refractivity contribution is 1.17. The highest BCUT2D eigenvalue weighted by Crippen LogP contribution is 2.07. The highest BCUT2D eigenvalue weighted by Gasteiger charge is 1.94. The molecule has 1 aromatic rings. The monoisotopic (exact) mass is 145 g/mol. The van der Waals surface area contributed by atoms with Gasteiger partial charge in [0.25, 0.3) is 0 Å². The van der Waals surface area contributed by atoms with E-state index in [1.54, 1.807) is 12.3 Å². The molecule has 1 heteroatoms. The summed E-state index contributed by atoms with van der Waals surface area (Å²) >= 11 is 0. The molecule has 1 heterocycles. The molecule has 0 spiro atoms. The van der Waals surface area contributed by atoms with Crippen LogP contribution in [0.2, 0.25) is 0 Å². The smallest absolute Gasteiger partial charge is 0.0658 e. The highest BCUT2D eigenvalue weighted by molar-refractivity contribution is 5.47. The second-order valence-corrected chi connectivity index (χ2v) is 2.24. The van der Waals surface area contributed by atoms with Gasteiger partial charge in [-0.3, -0.25) is 4.98 Å². The third-order valence-electron chi connectivity index (χ3n) is 1.48. The SMILES string of the molecule is C=CCc1cccnc1C=C. The van der Waals surface area contributed by atoms with Crippen molar-refractivity contribution in [2.24, 2.45) is 0 Å². The topological polar surface area (TPSA) is 12.9 Å². The first kappa shape index (κ1) is 7.73. The first-order valence-electron chi connectivity index (χ1n) is 3.55. The number of nitrogens with zero attached hydrogens (tertiary/aromatic N) is 1. The molecule has 0 aliphatic rings. The Bertz CT molecular complexity index is 263. The van der Waals surface area contributed by atoms with E-state index in [1.165, 1.54) is 5.56 Å². The van der Waals surface area contributed by atoms with Crippen LogP contribution >= 0.6 is 0 Å². The van der Waals surface area contributed by atoms with Crippen LogP contribution in [0.1, 0.15) is 11.3 Å². The van der Waals surface area contributed by atoms with E-state index in [4.69, 9.17) is 0 Å². The number of aromatic nitrogens is 1. The lowest BCUT2D eigenvalue weighted by atomic mass is 10.1. The Morgan fingerprint density at radius 3 is 2.91 bits per heavy atom. The summed E-state index contributed by atoms with van der Waals surface area (Å²) in [7, 11) is 0. The summed E-state index contributed by atoms with van der Waals surface area (Å²) < 4.78 is 0. The minimum atomic E-state index is 0.856. The normalized spacial score (nSPS) is 9.09. The lowest BCUT2D eigenvalue weighted by Gasteiger charge is -1.99. The average molecular weight is 145 g/mol. The molecule has 0 amide bonds. The molecule has 1 aromatic heterocycles. The van der Waals surface area contributed by atoms with Gasteiger partial charge in [-0.05, 0) is 24.1 Å². The summed E-state index contributed by atoms with van der Waals surface area (Å²) in [6.45, 7) is 7.35. The average Bonchev–Trinajstić information content (AvgIpc) is 2.06. The molecule has 56 valence electrons. The zero-order chi connectivity index (χ0) is 8.10. The summed E-state index contributed by atoms with van der Waals surface area (Å²) in [5.74, 6) is 0. The van der Waals surface area contributed by atoms with Crippen molar-refractivity contribution in [3.05, 3.63) is 48.8 Å². The van der Waals surface area contributed by atoms with Crippen LogP contribution in [0.5, 0.6) is 0 Å². The summed E-state index contributed by atoms with van der Waals surface area (Å²) in [6.07, 6.45) is 6.25. The van der Waals surface area contributed by atoms with Crippen LogP contribution in [-0.4, -0.2) is 4.98 Å². The van der Waals surface area contributed by atoms with E-state index in [9.17, 15) is 0 Å². The van der Waals surface area contributed by atoms with Gasteiger partial charge in [0.05, 0.1) is 5.69 Å². The zero-order valence-electron chi connectivity index (χ0n) is 6.46. The number of hydrogen-bond acceptors (Lipinski definition) is 1. The molecular formula is C10H11N. The molecule has 11 heavy (non-hydrogen) atoms. The van der Waals surface area contributed by atoms with Crippen molar-refractivity contribution >= 4 is 6.08 Å². The van der Waals surface area contributed by atoms with Gasteiger partial charge in [-0.2, -0.15) is 0 Å². The van der Waals surface area contributed by atoms with Crippen LogP contribution in [0, 0.1) is 0 Å². The van der Waals surface area contributed by atoms with Gasteiger partial charge in [0.2, 0.25) is 0 Å². The molecular weight excluding hydrogens is 134 g/mol. The van der Waals surface area contributed by atoms with Gasteiger partial charge in [0.15, 0.2) is 0 Å². The number of rotatable bonds is 3. The molecule has 0 aliphatic heterocycles. The second kappa shape index (κ2) is 3.71. The van der Waals surface area contributed by atoms with Gasteiger partial charge in [0, 0.05) is 6.20 Å². The van der Waals surface area contributed by atoms with Gasteiger partial charge < -0.3 is 0 Å². The van der Waals surface area contributed by atoms with Crippen LogP contribution in [-0.2, 0) is 6.42 Å². The van der Waals surface area contributed by atoms with Crippen LogP contribution in [0.3, 0.4) is 0 Å². The van der Waals surface area contributed by atoms with E-state index < -0.39 is 0 Å². The first-order valence-corrected chi connectivity index (χ1v) is 3.55. The molecule has 0 fully saturated rings. The Labute approximate surface area is 67.1 Å². The molecule has 0 aromatic carbocycles. The lowest BCUT2D eigenvalue weighted by Crippen LogP contribution is -1.88. The first-order chi connectivity index (χ1) is 5.38.